The zero-order valence-corrected chi connectivity index (χ0v) is 14.2. The highest BCUT2D eigenvalue weighted by Crippen LogP contribution is 2.20. The number of nitrogens with one attached hydrogen (secondary N) is 1. The van der Waals surface area contributed by atoms with E-state index in [4.69, 9.17) is 10.5 Å². The summed E-state index contributed by atoms with van der Waals surface area (Å²) >= 11 is 0. The molecule has 4 nitrogen and oxygen atoms in total. The molecule has 0 spiro atoms. The lowest BCUT2D eigenvalue weighted by atomic mass is 10.1. The van der Waals surface area contributed by atoms with Crippen molar-refractivity contribution >= 4 is 17.8 Å². The molecule has 2 aromatic carbocycles. The quantitative estimate of drug-likeness (QED) is 0.673. The molecule has 4 heteroatoms. The fourth-order valence-electron chi connectivity index (χ4n) is 1.55. The summed E-state index contributed by atoms with van der Waals surface area (Å²) in [4.78, 5) is 19.1. The van der Waals surface area contributed by atoms with Crippen LogP contribution in [0.1, 0.15) is 20.8 Å². The monoisotopic (exact) mass is 314 g/mol. The summed E-state index contributed by atoms with van der Waals surface area (Å²) in [6.07, 6.45) is 0.750. The predicted molar refractivity (Wildman–Crippen MR) is 97.2 cm³/mol. The molecule has 124 valence electrons. The SMILES string of the molecule is CC=O.CN[C@@H](C)C(C)=O.Nc1cccc(-c2ccccc2)c1. The summed E-state index contributed by atoms with van der Waals surface area (Å²) < 4.78 is 0. The zero-order valence-electron chi connectivity index (χ0n) is 14.2. The number of rotatable bonds is 3. The highest BCUT2D eigenvalue weighted by molar-refractivity contribution is 5.80. The normalized spacial score (nSPS) is 10.3. The Bertz CT molecular complexity index is 583. The molecule has 0 aromatic heterocycles. The molecule has 0 bridgehead atoms. The third kappa shape index (κ3) is 9.22. The molecule has 0 unspecified atom stereocenters. The van der Waals surface area contributed by atoms with Gasteiger partial charge in [0.1, 0.15) is 12.1 Å². The first-order valence-corrected chi connectivity index (χ1v) is 7.44. The van der Waals surface area contributed by atoms with Crippen LogP contribution in [0.25, 0.3) is 11.1 Å². The molecule has 3 N–H and O–H groups in total. The topological polar surface area (TPSA) is 72.2 Å². The molecule has 0 amide bonds. The van der Waals surface area contributed by atoms with Crippen LogP contribution in [0.4, 0.5) is 5.69 Å². The van der Waals surface area contributed by atoms with Gasteiger partial charge in [0.15, 0.2) is 0 Å². The average Bonchev–Trinajstić information content (AvgIpc) is 2.56. The Labute approximate surface area is 138 Å². The van der Waals surface area contributed by atoms with Crippen LogP contribution in [-0.4, -0.2) is 25.2 Å². The minimum atomic E-state index is 0.0139. The second kappa shape index (κ2) is 12.1. The van der Waals surface area contributed by atoms with Crippen LogP contribution in [0.3, 0.4) is 0 Å². The van der Waals surface area contributed by atoms with E-state index in [1.54, 1.807) is 14.0 Å². The van der Waals surface area contributed by atoms with Crippen LogP contribution in [-0.2, 0) is 9.59 Å². The van der Waals surface area contributed by atoms with E-state index >= 15 is 0 Å². The van der Waals surface area contributed by atoms with Gasteiger partial charge < -0.3 is 15.8 Å². The molecule has 0 fully saturated rings. The molecule has 0 saturated carbocycles. The van der Waals surface area contributed by atoms with Gasteiger partial charge in [0.05, 0.1) is 6.04 Å². The van der Waals surface area contributed by atoms with E-state index in [9.17, 15) is 4.79 Å². The first-order chi connectivity index (χ1) is 11.0. The largest absolute Gasteiger partial charge is 0.399 e. The van der Waals surface area contributed by atoms with E-state index < -0.39 is 0 Å². The molecule has 0 heterocycles. The molecular weight excluding hydrogens is 288 g/mol. The second-order valence-electron chi connectivity index (χ2n) is 4.85. The molecule has 0 saturated heterocycles. The number of benzene rings is 2. The number of nitrogens with two attached hydrogens (primary N) is 1. The van der Waals surface area contributed by atoms with Gasteiger partial charge in [-0.15, -0.1) is 0 Å². The van der Waals surface area contributed by atoms with E-state index in [-0.39, 0.29) is 11.8 Å². The van der Waals surface area contributed by atoms with Crippen molar-refractivity contribution in [3.05, 3.63) is 54.6 Å². The summed E-state index contributed by atoms with van der Waals surface area (Å²) in [5, 5.41) is 2.81. The van der Waals surface area contributed by atoms with E-state index in [0.29, 0.717) is 0 Å². The van der Waals surface area contributed by atoms with Crippen LogP contribution in [0.5, 0.6) is 0 Å². The lowest BCUT2D eigenvalue weighted by Crippen LogP contribution is -2.28. The molecule has 23 heavy (non-hydrogen) atoms. The first kappa shape index (κ1) is 20.5. The maximum Gasteiger partial charge on any atom is 0.146 e. The number of carbonyl (C=O) groups is 2. The maximum atomic E-state index is 10.3. The van der Waals surface area contributed by atoms with Gasteiger partial charge in [-0.2, -0.15) is 0 Å². The standard InChI is InChI=1S/C12H11N.C5H11NO.C2H4O/c13-12-8-4-7-11(9-12)10-5-2-1-3-6-10;1-4(6-3)5(2)7;1-2-3/h1-9H,13H2;4,6H,1-3H3;2H,1H3/t;4-;/m.0./s1. The summed E-state index contributed by atoms with van der Waals surface area (Å²) in [5.41, 5.74) is 8.87. The fraction of sp³-hybridized carbons (Fsp3) is 0.263. The fourth-order valence-corrected chi connectivity index (χ4v) is 1.55. The highest BCUT2D eigenvalue weighted by Gasteiger charge is 2.00. The van der Waals surface area contributed by atoms with E-state index in [1.807, 2.05) is 43.3 Å². The molecular formula is C19H26N2O2. The van der Waals surface area contributed by atoms with Gasteiger partial charge in [0.25, 0.3) is 0 Å². The minimum Gasteiger partial charge on any atom is -0.399 e. The number of likely N-dealkylation sites (N-methyl/N-ethyl adjacent to an activating group) is 1. The Morgan fingerprint density at radius 3 is 2.00 bits per heavy atom. The van der Waals surface area contributed by atoms with Crippen molar-refractivity contribution < 1.29 is 9.59 Å². The van der Waals surface area contributed by atoms with Crippen molar-refractivity contribution in [1.29, 1.82) is 0 Å². The summed E-state index contributed by atoms with van der Waals surface area (Å²) in [5.74, 6) is 0.183. The first-order valence-electron chi connectivity index (χ1n) is 7.44. The average molecular weight is 314 g/mol. The van der Waals surface area contributed by atoms with Gasteiger partial charge >= 0.3 is 0 Å². The summed E-state index contributed by atoms with van der Waals surface area (Å²) in [6, 6.07) is 18.1. The molecule has 1 atom stereocenters. The van der Waals surface area contributed by atoms with Gasteiger partial charge in [-0.25, -0.2) is 0 Å². The molecule has 2 aromatic rings. The Morgan fingerprint density at radius 1 is 1.09 bits per heavy atom. The minimum absolute atomic E-state index is 0.0139. The van der Waals surface area contributed by atoms with E-state index in [2.05, 4.69) is 23.5 Å². The molecule has 0 aliphatic carbocycles. The number of Topliss-reactive ketones (excluding diaryl/α,β-unsaturated/α-hetero) is 1. The van der Waals surface area contributed by atoms with Crippen molar-refractivity contribution in [1.82, 2.24) is 5.32 Å². The molecule has 2 rings (SSSR count). The number of hydrogen-bond acceptors (Lipinski definition) is 4. The smallest absolute Gasteiger partial charge is 0.146 e. The van der Waals surface area contributed by atoms with Gasteiger partial charge in [-0.3, -0.25) is 4.79 Å². The third-order valence-corrected chi connectivity index (χ3v) is 3.04. The number of aldehydes is 1. The summed E-state index contributed by atoms with van der Waals surface area (Å²) in [6.45, 7) is 4.85. The van der Waals surface area contributed by atoms with Crippen LogP contribution in [0.15, 0.2) is 54.6 Å². The molecule has 0 aliphatic rings. The van der Waals surface area contributed by atoms with Crippen molar-refractivity contribution in [2.24, 2.45) is 0 Å². The molecule has 0 aliphatic heterocycles. The van der Waals surface area contributed by atoms with Crippen LogP contribution >= 0.6 is 0 Å². The van der Waals surface area contributed by atoms with Gasteiger partial charge in [0.2, 0.25) is 0 Å². The molecule has 0 radical (unpaired) electrons. The van der Waals surface area contributed by atoms with Crippen LogP contribution < -0.4 is 11.1 Å². The van der Waals surface area contributed by atoms with Crippen molar-refractivity contribution in [2.75, 3.05) is 12.8 Å². The van der Waals surface area contributed by atoms with E-state index in [1.165, 1.54) is 18.1 Å². The number of nitrogen functional groups attached to an aromatic ring is 1. The Morgan fingerprint density at radius 2 is 1.61 bits per heavy atom. The Kier molecular flexibility index (Phi) is 10.8. The number of carbonyl (C=O) groups excluding carboxylic acids is 2. The lowest BCUT2D eigenvalue weighted by Gasteiger charge is -2.01. The van der Waals surface area contributed by atoms with Gasteiger partial charge in [-0.1, -0.05) is 42.5 Å². The Hall–Kier alpha value is -2.46. The lowest BCUT2D eigenvalue weighted by molar-refractivity contribution is -0.118. The third-order valence-electron chi connectivity index (χ3n) is 3.04. The maximum absolute atomic E-state index is 10.3. The van der Waals surface area contributed by atoms with Gasteiger partial charge in [0, 0.05) is 5.69 Å². The number of ketones is 1. The predicted octanol–water partition coefficient (Wildman–Crippen LogP) is 3.32. The summed E-state index contributed by atoms with van der Waals surface area (Å²) in [7, 11) is 1.77. The number of anilines is 1. The van der Waals surface area contributed by atoms with Crippen molar-refractivity contribution in [3.8, 4) is 11.1 Å². The van der Waals surface area contributed by atoms with Crippen molar-refractivity contribution in [2.45, 2.75) is 26.8 Å². The van der Waals surface area contributed by atoms with Crippen LogP contribution in [0, 0.1) is 0 Å². The Balaban J connectivity index is 0.000000412. The van der Waals surface area contributed by atoms with Gasteiger partial charge in [-0.05, 0) is 51.1 Å². The van der Waals surface area contributed by atoms with Crippen molar-refractivity contribution in [3.63, 3.8) is 0 Å². The van der Waals surface area contributed by atoms with Crippen LogP contribution in [0.2, 0.25) is 0 Å². The van der Waals surface area contributed by atoms with E-state index in [0.717, 1.165) is 12.0 Å². The second-order valence-corrected chi connectivity index (χ2v) is 4.85. The zero-order chi connectivity index (χ0) is 17.7. The highest BCUT2D eigenvalue weighted by atomic mass is 16.1. The number of hydrogen-bond donors (Lipinski definition) is 2.